The maximum Gasteiger partial charge on any atom is 0.220 e. The van der Waals surface area contributed by atoms with E-state index in [1.54, 1.807) is 14.0 Å². The molecule has 118 valence electrons. The first-order chi connectivity index (χ1) is 10.0. The van der Waals surface area contributed by atoms with Crippen molar-refractivity contribution in [2.24, 2.45) is 5.92 Å². The zero-order valence-electron chi connectivity index (χ0n) is 12.8. The molecular weight excluding hydrogens is 286 g/mol. The van der Waals surface area contributed by atoms with E-state index in [4.69, 9.17) is 4.74 Å². The van der Waals surface area contributed by atoms with E-state index in [-0.39, 0.29) is 12.5 Å². The van der Waals surface area contributed by atoms with E-state index in [2.05, 4.69) is 5.32 Å². The maximum atomic E-state index is 12.0. The van der Waals surface area contributed by atoms with Crippen LogP contribution in [0.4, 0.5) is 0 Å². The molecule has 4 nitrogen and oxygen atoms in total. The molecule has 0 spiro atoms. The quantitative estimate of drug-likeness (QED) is 0.849. The molecule has 1 saturated carbocycles. The monoisotopic (exact) mass is 311 g/mol. The Labute approximate surface area is 130 Å². The first-order valence-corrected chi connectivity index (χ1v) is 8.45. The van der Waals surface area contributed by atoms with Crippen molar-refractivity contribution in [1.82, 2.24) is 5.32 Å². The number of ether oxygens (including phenoxy) is 1. The smallest absolute Gasteiger partial charge is 0.220 e. The second-order valence-electron chi connectivity index (χ2n) is 6.11. The number of carbonyl (C=O) groups is 1. The van der Waals surface area contributed by atoms with Gasteiger partial charge in [-0.1, -0.05) is 6.07 Å². The van der Waals surface area contributed by atoms with Gasteiger partial charge in [-0.05, 0) is 50.0 Å². The van der Waals surface area contributed by atoms with Gasteiger partial charge < -0.3 is 15.2 Å². The number of rotatable bonds is 6. The van der Waals surface area contributed by atoms with Crippen LogP contribution in [-0.2, 0) is 15.1 Å². The van der Waals surface area contributed by atoms with Gasteiger partial charge >= 0.3 is 0 Å². The Morgan fingerprint density at radius 3 is 2.76 bits per heavy atom. The third-order valence-electron chi connectivity index (χ3n) is 4.28. The van der Waals surface area contributed by atoms with Gasteiger partial charge in [0.15, 0.2) is 0 Å². The van der Waals surface area contributed by atoms with E-state index in [0.717, 1.165) is 30.6 Å². The molecular formula is C16H25NO3S. The summed E-state index contributed by atoms with van der Waals surface area (Å²) in [6.07, 6.45) is 5.10. The lowest BCUT2D eigenvalue weighted by Gasteiger charge is -2.28. The number of hydrogen-bond acceptors (Lipinski definition) is 4. The van der Waals surface area contributed by atoms with Crippen molar-refractivity contribution in [1.29, 1.82) is 0 Å². The van der Waals surface area contributed by atoms with Crippen LogP contribution in [0.25, 0.3) is 0 Å². The summed E-state index contributed by atoms with van der Waals surface area (Å²) in [5.74, 6) is 0.482. The number of thiophene rings is 1. The van der Waals surface area contributed by atoms with Gasteiger partial charge in [0.05, 0.1) is 12.6 Å². The molecule has 21 heavy (non-hydrogen) atoms. The van der Waals surface area contributed by atoms with Gasteiger partial charge in [-0.25, -0.2) is 0 Å². The van der Waals surface area contributed by atoms with Gasteiger partial charge in [-0.15, -0.1) is 11.3 Å². The highest BCUT2D eigenvalue weighted by Crippen LogP contribution is 2.28. The second-order valence-corrected chi connectivity index (χ2v) is 7.06. The second kappa shape index (κ2) is 7.38. The number of amides is 1. The fourth-order valence-corrected chi connectivity index (χ4v) is 3.64. The van der Waals surface area contributed by atoms with Gasteiger partial charge in [-0.3, -0.25) is 4.79 Å². The lowest BCUT2D eigenvalue weighted by molar-refractivity contribution is -0.123. The van der Waals surface area contributed by atoms with Gasteiger partial charge in [0.2, 0.25) is 5.91 Å². The minimum absolute atomic E-state index is 0.0349. The molecule has 0 saturated heterocycles. The highest BCUT2D eigenvalue weighted by molar-refractivity contribution is 7.10. The van der Waals surface area contributed by atoms with Gasteiger partial charge in [0.1, 0.15) is 5.60 Å². The van der Waals surface area contributed by atoms with Crippen molar-refractivity contribution in [2.45, 2.75) is 50.7 Å². The molecule has 1 unspecified atom stereocenters. The summed E-state index contributed by atoms with van der Waals surface area (Å²) in [7, 11) is 1.75. The standard InChI is InChI=1S/C16H25NO3S/c1-16(19,14-4-3-9-21-14)11-17-15(18)10-12-5-7-13(20-2)8-6-12/h3-4,9,12-13,19H,5-8,10-11H2,1-2H3,(H,17,18). The third kappa shape index (κ3) is 4.80. The van der Waals surface area contributed by atoms with Gasteiger partial charge in [0, 0.05) is 18.4 Å². The van der Waals surface area contributed by atoms with E-state index in [1.807, 2.05) is 17.5 Å². The van der Waals surface area contributed by atoms with Crippen molar-refractivity contribution >= 4 is 17.2 Å². The van der Waals surface area contributed by atoms with Crippen molar-refractivity contribution in [3.63, 3.8) is 0 Å². The Balaban J connectivity index is 1.73. The van der Waals surface area contributed by atoms with Crippen LogP contribution in [0.2, 0.25) is 0 Å². The molecule has 0 bridgehead atoms. The van der Waals surface area contributed by atoms with Crippen molar-refractivity contribution in [2.75, 3.05) is 13.7 Å². The van der Waals surface area contributed by atoms with Gasteiger partial charge in [-0.2, -0.15) is 0 Å². The fourth-order valence-electron chi connectivity index (χ4n) is 2.85. The number of methoxy groups -OCH3 is 1. The molecule has 1 atom stereocenters. The first-order valence-electron chi connectivity index (χ1n) is 7.57. The minimum Gasteiger partial charge on any atom is -0.383 e. The van der Waals surface area contributed by atoms with Crippen LogP contribution in [0.15, 0.2) is 17.5 Å². The van der Waals surface area contributed by atoms with Crippen LogP contribution in [0.3, 0.4) is 0 Å². The predicted molar refractivity (Wildman–Crippen MR) is 84.3 cm³/mol. The summed E-state index contributed by atoms with van der Waals surface area (Å²) >= 11 is 1.50. The van der Waals surface area contributed by atoms with Gasteiger partial charge in [0.25, 0.3) is 0 Å². The van der Waals surface area contributed by atoms with E-state index >= 15 is 0 Å². The minimum atomic E-state index is -0.989. The Morgan fingerprint density at radius 2 is 2.19 bits per heavy atom. The summed E-state index contributed by atoms with van der Waals surface area (Å²) in [6, 6.07) is 3.80. The molecule has 5 heteroatoms. The van der Waals surface area contributed by atoms with E-state index in [1.165, 1.54) is 11.3 Å². The molecule has 2 rings (SSSR count). The number of carbonyl (C=O) groups excluding carboxylic acids is 1. The highest BCUT2D eigenvalue weighted by atomic mass is 32.1. The molecule has 0 aliphatic heterocycles. The lowest BCUT2D eigenvalue weighted by Crippen LogP contribution is -2.39. The topological polar surface area (TPSA) is 58.6 Å². The molecule has 1 aromatic heterocycles. The number of hydrogen-bond donors (Lipinski definition) is 2. The molecule has 1 heterocycles. The zero-order chi connectivity index (χ0) is 15.3. The highest BCUT2D eigenvalue weighted by Gasteiger charge is 2.26. The number of nitrogens with one attached hydrogen (secondary N) is 1. The number of aliphatic hydroxyl groups is 1. The Hall–Kier alpha value is -0.910. The van der Waals surface area contributed by atoms with Crippen LogP contribution < -0.4 is 5.32 Å². The average molecular weight is 311 g/mol. The van der Waals surface area contributed by atoms with E-state index in [9.17, 15) is 9.90 Å². The summed E-state index contributed by atoms with van der Waals surface area (Å²) in [5.41, 5.74) is -0.989. The Kier molecular flexibility index (Phi) is 5.79. The van der Waals surface area contributed by atoms with E-state index < -0.39 is 5.60 Å². The van der Waals surface area contributed by atoms with Crippen LogP contribution in [-0.4, -0.2) is 30.8 Å². The van der Waals surface area contributed by atoms with Crippen LogP contribution in [0, 0.1) is 5.92 Å². The molecule has 1 aromatic rings. The normalized spacial score (nSPS) is 25.3. The fraction of sp³-hybridized carbons (Fsp3) is 0.688. The Bertz CT molecular complexity index is 436. The molecule has 1 fully saturated rings. The summed E-state index contributed by atoms with van der Waals surface area (Å²) in [6.45, 7) is 2.00. The van der Waals surface area contributed by atoms with Crippen molar-refractivity contribution < 1.29 is 14.6 Å². The van der Waals surface area contributed by atoms with Crippen LogP contribution >= 0.6 is 11.3 Å². The van der Waals surface area contributed by atoms with Crippen LogP contribution in [0.5, 0.6) is 0 Å². The zero-order valence-corrected chi connectivity index (χ0v) is 13.6. The maximum absolute atomic E-state index is 12.0. The molecule has 0 radical (unpaired) electrons. The largest absolute Gasteiger partial charge is 0.383 e. The molecule has 1 aliphatic carbocycles. The Morgan fingerprint density at radius 1 is 1.48 bits per heavy atom. The molecule has 1 amide bonds. The van der Waals surface area contributed by atoms with Crippen LogP contribution in [0.1, 0.15) is 43.9 Å². The lowest BCUT2D eigenvalue weighted by atomic mass is 9.85. The average Bonchev–Trinajstić information content (AvgIpc) is 3.01. The predicted octanol–water partition coefficient (Wildman–Crippen LogP) is 2.67. The first kappa shape index (κ1) is 16.5. The summed E-state index contributed by atoms with van der Waals surface area (Å²) in [5, 5.41) is 15.2. The third-order valence-corrected chi connectivity index (χ3v) is 5.41. The molecule has 2 N–H and O–H groups in total. The summed E-state index contributed by atoms with van der Waals surface area (Å²) < 4.78 is 5.35. The molecule has 0 aromatic carbocycles. The SMILES string of the molecule is COC1CCC(CC(=O)NCC(C)(O)c2cccs2)CC1. The van der Waals surface area contributed by atoms with E-state index in [0.29, 0.717) is 18.4 Å². The molecule has 1 aliphatic rings. The van der Waals surface area contributed by atoms with Crippen molar-refractivity contribution in [3.05, 3.63) is 22.4 Å². The summed E-state index contributed by atoms with van der Waals surface area (Å²) in [4.78, 5) is 12.9. The van der Waals surface area contributed by atoms with Crippen molar-refractivity contribution in [3.8, 4) is 0 Å².